The average molecular weight is 303 g/mol. The second-order valence-electron chi connectivity index (χ2n) is 5.70. The van der Waals surface area contributed by atoms with Crippen LogP contribution >= 0.6 is 11.3 Å². The van der Waals surface area contributed by atoms with Crippen molar-refractivity contribution in [3.05, 3.63) is 29.5 Å². The van der Waals surface area contributed by atoms with Gasteiger partial charge in [-0.25, -0.2) is 15.0 Å². The van der Waals surface area contributed by atoms with Gasteiger partial charge in [-0.2, -0.15) is 0 Å². The van der Waals surface area contributed by atoms with E-state index in [1.807, 2.05) is 17.6 Å². The first-order valence-corrected chi connectivity index (χ1v) is 8.34. The van der Waals surface area contributed by atoms with E-state index in [-0.39, 0.29) is 0 Å². The van der Waals surface area contributed by atoms with Crippen molar-refractivity contribution < 1.29 is 0 Å². The van der Waals surface area contributed by atoms with Gasteiger partial charge in [0.1, 0.15) is 0 Å². The first-order valence-electron chi connectivity index (χ1n) is 7.46. The zero-order valence-electron chi connectivity index (χ0n) is 12.5. The molecule has 0 aliphatic carbocycles. The Balaban J connectivity index is 1.73. The molecule has 21 heavy (non-hydrogen) atoms. The third-order valence-corrected chi connectivity index (χ3v) is 4.62. The lowest BCUT2D eigenvalue weighted by atomic mass is 9.94. The molecule has 1 fully saturated rings. The number of nitrogens with one attached hydrogen (secondary N) is 1. The number of thiazole rings is 1. The van der Waals surface area contributed by atoms with Crippen molar-refractivity contribution in [2.45, 2.75) is 38.6 Å². The molecular weight excluding hydrogens is 282 g/mol. The lowest BCUT2D eigenvalue weighted by Gasteiger charge is -2.35. The van der Waals surface area contributed by atoms with Crippen LogP contribution in [-0.4, -0.2) is 39.0 Å². The van der Waals surface area contributed by atoms with Gasteiger partial charge >= 0.3 is 0 Å². The van der Waals surface area contributed by atoms with Gasteiger partial charge in [0.15, 0.2) is 5.13 Å². The maximum Gasteiger partial charge on any atom is 0.229 e. The van der Waals surface area contributed by atoms with E-state index in [2.05, 4.69) is 39.0 Å². The molecule has 2 aromatic rings. The molecule has 5 nitrogen and oxygen atoms in total. The lowest BCUT2D eigenvalue weighted by molar-refractivity contribution is 0.166. The molecular formula is C15H21N5S. The predicted octanol–water partition coefficient (Wildman–Crippen LogP) is 3.26. The summed E-state index contributed by atoms with van der Waals surface area (Å²) in [6.07, 6.45) is 6.06. The van der Waals surface area contributed by atoms with Crippen LogP contribution < -0.4 is 5.32 Å². The molecule has 1 N–H and O–H groups in total. The summed E-state index contributed by atoms with van der Waals surface area (Å²) in [5.41, 5.74) is 1.13. The minimum Gasteiger partial charge on any atom is -0.300 e. The van der Waals surface area contributed by atoms with Crippen LogP contribution in [0.25, 0.3) is 0 Å². The fourth-order valence-electron chi connectivity index (χ4n) is 2.76. The summed E-state index contributed by atoms with van der Waals surface area (Å²) in [4.78, 5) is 15.7. The molecule has 112 valence electrons. The molecule has 2 aromatic heterocycles. The van der Waals surface area contributed by atoms with E-state index in [9.17, 15) is 0 Å². The van der Waals surface area contributed by atoms with Gasteiger partial charge in [-0.05, 0) is 39.3 Å². The van der Waals surface area contributed by atoms with Crippen molar-refractivity contribution >= 4 is 22.4 Å². The van der Waals surface area contributed by atoms with Crippen molar-refractivity contribution in [3.8, 4) is 0 Å². The standard InChI is InChI=1S/C15H21N5S/c1-11(2)20-8-3-4-12(10-20)13-5-6-16-14(18-13)19-15-17-7-9-21-15/h5-7,9,11-12H,3-4,8,10H2,1-2H3,(H,16,17,18,19). The van der Waals surface area contributed by atoms with Gasteiger partial charge < -0.3 is 10.2 Å². The Morgan fingerprint density at radius 3 is 3.00 bits per heavy atom. The van der Waals surface area contributed by atoms with E-state index in [0.717, 1.165) is 17.4 Å². The van der Waals surface area contributed by atoms with E-state index >= 15 is 0 Å². The molecule has 1 aliphatic rings. The Labute approximate surface area is 129 Å². The van der Waals surface area contributed by atoms with Gasteiger partial charge in [-0.1, -0.05) is 0 Å². The monoisotopic (exact) mass is 303 g/mol. The SMILES string of the molecule is CC(C)N1CCCC(c2ccnc(Nc3nccs3)n2)C1. The van der Waals surface area contributed by atoms with E-state index in [0.29, 0.717) is 17.9 Å². The Morgan fingerprint density at radius 1 is 1.33 bits per heavy atom. The fraction of sp³-hybridized carbons (Fsp3) is 0.533. The molecule has 0 radical (unpaired) electrons. The summed E-state index contributed by atoms with van der Waals surface area (Å²) in [6, 6.07) is 2.64. The van der Waals surface area contributed by atoms with E-state index < -0.39 is 0 Å². The van der Waals surface area contributed by atoms with E-state index in [1.54, 1.807) is 17.5 Å². The van der Waals surface area contributed by atoms with Crippen LogP contribution in [0.5, 0.6) is 0 Å². The lowest BCUT2D eigenvalue weighted by Crippen LogP contribution is -2.39. The molecule has 0 saturated carbocycles. The van der Waals surface area contributed by atoms with Crippen LogP contribution in [0.2, 0.25) is 0 Å². The highest BCUT2D eigenvalue weighted by atomic mass is 32.1. The Kier molecular flexibility index (Phi) is 4.45. The normalized spacial score (nSPS) is 19.9. The fourth-order valence-corrected chi connectivity index (χ4v) is 3.28. The van der Waals surface area contributed by atoms with E-state index in [4.69, 9.17) is 0 Å². The zero-order chi connectivity index (χ0) is 14.7. The largest absolute Gasteiger partial charge is 0.300 e. The quantitative estimate of drug-likeness (QED) is 0.939. The van der Waals surface area contributed by atoms with Crippen LogP contribution in [0.1, 0.15) is 38.3 Å². The minimum atomic E-state index is 0.501. The average Bonchev–Trinajstić information content (AvgIpc) is 3.00. The first-order chi connectivity index (χ1) is 10.2. The Hall–Kier alpha value is -1.53. The van der Waals surface area contributed by atoms with Gasteiger partial charge in [0, 0.05) is 36.3 Å². The maximum absolute atomic E-state index is 4.68. The van der Waals surface area contributed by atoms with Crippen LogP contribution in [0, 0.1) is 0 Å². The van der Waals surface area contributed by atoms with Crippen molar-refractivity contribution in [3.63, 3.8) is 0 Å². The second-order valence-corrected chi connectivity index (χ2v) is 6.59. The highest BCUT2D eigenvalue weighted by Crippen LogP contribution is 2.27. The Morgan fingerprint density at radius 2 is 2.24 bits per heavy atom. The number of likely N-dealkylation sites (tertiary alicyclic amines) is 1. The van der Waals surface area contributed by atoms with Gasteiger partial charge in [0.2, 0.25) is 5.95 Å². The van der Waals surface area contributed by atoms with Crippen LogP contribution in [0.3, 0.4) is 0 Å². The summed E-state index contributed by atoms with van der Waals surface area (Å²) < 4.78 is 0. The van der Waals surface area contributed by atoms with Crippen LogP contribution in [0.15, 0.2) is 23.8 Å². The van der Waals surface area contributed by atoms with Crippen molar-refractivity contribution in [2.24, 2.45) is 0 Å². The highest BCUT2D eigenvalue weighted by Gasteiger charge is 2.24. The molecule has 1 saturated heterocycles. The smallest absolute Gasteiger partial charge is 0.229 e. The summed E-state index contributed by atoms with van der Waals surface area (Å²) >= 11 is 1.55. The highest BCUT2D eigenvalue weighted by molar-refractivity contribution is 7.13. The summed E-state index contributed by atoms with van der Waals surface area (Å²) in [5, 5.41) is 5.94. The molecule has 0 spiro atoms. The van der Waals surface area contributed by atoms with Gasteiger partial charge in [0.05, 0.1) is 5.69 Å². The topological polar surface area (TPSA) is 53.9 Å². The number of rotatable bonds is 4. The van der Waals surface area contributed by atoms with E-state index in [1.165, 1.54) is 19.4 Å². The molecule has 0 bridgehead atoms. The molecule has 6 heteroatoms. The predicted molar refractivity (Wildman–Crippen MR) is 86.1 cm³/mol. The summed E-state index contributed by atoms with van der Waals surface area (Å²) in [5.74, 6) is 1.14. The van der Waals surface area contributed by atoms with Crippen LogP contribution in [-0.2, 0) is 0 Å². The number of nitrogens with zero attached hydrogens (tertiary/aromatic N) is 4. The van der Waals surface area contributed by atoms with Gasteiger partial charge in [-0.15, -0.1) is 11.3 Å². The Bertz CT molecular complexity index is 569. The molecule has 1 aliphatic heterocycles. The van der Waals surface area contributed by atoms with Gasteiger partial charge in [0.25, 0.3) is 0 Å². The number of anilines is 2. The number of hydrogen-bond donors (Lipinski definition) is 1. The third kappa shape index (κ3) is 3.57. The molecule has 1 unspecified atom stereocenters. The minimum absolute atomic E-state index is 0.501. The van der Waals surface area contributed by atoms with Gasteiger partial charge in [-0.3, -0.25) is 0 Å². The molecule has 3 heterocycles. The summed E-state index contributed by atoms with van der Waals surface area (Å²) in [6.45, 7) is 6.81. The molecule has 0 aromatic carbocycles. The molecule has 3 rings (SSSR count). The number of piperidine rings is 1. The van der Waals surface area contributed by atoms with Crippen LogP contribution in [0.4, 0.5) is 11.1 Å². The summed E-state index contributed by atoms with van der Waals surface area (Å²) in [7, 11) is 0. The number of hydrogen-bond acceptors (Lipinski definition) is 6. The number of aromatic nitrogens is 3. The third-order valence-electron chi connectivity index (χ3n) is 3.93. The first kappa shape index (κ1) is 14.4. The van der Waals surface area contributed by atoms with Crippen molar-refractivity contribution in [1.82, 2.24) is 19.9 Å². The maximum atomic E-state index is 4.68. The molecule has 0 amide bonds. The van der Waals surface area contributed by atoms with Crippen molar-refractivity contribution in [1.29, 1.82) is 0 Å². The molecule has 1 atom stereocenters. The second kappa shape index (κ2) is 6.49. The zero-order valence-corrected chi connectivity index (χ0v) is 13.3. The van der Waals surface area contributed by atoms with Crippen molar-refractivity contribution in [2.75, 3.05) is 18.4 Å².